The van der Waals surface area contributed by atoms with E-state index in [9.17, 15) is 4.79 Å². The van der Waals surface area contributed by atoms with Crippen LogP contribution in [-0.2, 0) is 16.6 Å². The molecule has 1 amide bonds. The molecule has 5 heteroatoms. The van der Waals surface area contributed by atoms with Gasteiger partial charge in [0.05, 0.1) is 25.7 Å². The van der Waals surface area contributed by atoms with Gasteiger partial charge in [-0.3, -0.25) is 4.79 Å². The number of likely N-dealkylation sites (N-methyl/N-ethyl adjacent to an activating group) is 2. The van der Waals surface area contributed by atoms with Crippen molar-refractivity contribution in [2.75, 3.05) is 27.7 Å². The normalized spacial score (nSPS) is 26.9. The second-order valence-corrected chi connectivity index (χ2v) is 8.23. The smallest absolute Gasteiger partial charge is 0.246 e. The molecule has 1 fully saturated rings. The molecule has 1 aliphatic carbocycles. The molecule has 2 aromatic rings. The van der Waals surface area contributed by atoms with Crippen molar-refractivity contribution in [3.8, 4) is 5.75 Å². The molecule has 1 aliphatic heterocycles. The Labute approximate surface area is 166 Å². The summed E-state index contributed by atoms with van der Waals surface area (Å²) >= 11 is 0. The molecule has 1 aromatic carbocycles. The summed E-state index contributed by atoms with van der Waals surface area (Å²) in [5.41, 5.74) is 3.47. The minimum Gasteiger partial charge on any atom is -0.497 e. The first-order chi connectivity index (χ1) is 13.4. The number of nitrogens with zero attached hydrogens (tertiary/aromatic N) is 2. The van der Waals surface area contributed by atoms with Crippen LogP contribution in [0.4, 0.5) is 0 Å². The van der Waals surface area contributed by atoms with E-state index >= 15 is 0 Å². The summed E-state index contributed by atoms with van der Waals surface area (Å²) in [4.78, 5) is 17.4. The van der Waals surface area contributed by atoms with Gasteiger partial charge < -0.3 is 19.0 Å². The number of methoxy groups -OCH3 is 1. The molecule has 28 heavy (non-hydrogen) atoms. The summed E-state index contributed by atoms with van der Waals surface area (Å²) in [5, 5.41) is 0. The number of carbonyl (C=O) groups is 1. The van der Waals surface area contributed by atoms with Crippen molar-refractivity contribution in [3.63, 3.8) is 0 Å². The molecule has 2 bridgehead atoms. The number of likely N-dealkylation sites (tertiary alicyclic amines) is 1. The number of hydrogen-bond donors (Lipinski definition) is 0. The van der Waals surface area contributed by atoms with Crippen LogP contribution >= 0.6 is 0 Å². The monoisotopic (exact) mass is 380 g/mol. The summed E-state index contributed by atoms with van der Waals surface area (Å²) in [6, 6.07) is 8.65. The predicted molar refractivity (Wildman–Crippen MR) is 109 cm³/mol. The van der Waals surface area contributed by atoms with E-state index in [0.29, 0.717) is 6.04 Å². The van der Waals surface area contributed by atoms with Gasteiger partial charge in [0.15, 0.2) is 0 Å². The number of carbonyl (C=O) groups excluding carboxylic acids is 1. The molecule has 2 aliphatic rings. The minimum absolute atomic E-state index is 0.0177. The maximum absolute atomic E-state index is 13.0. The Kier molecular flexibility index (Phi) is 4.79. The van der Waals surface area contributed by atoms with Gasteiger partial charge in [-0.25, -0.2) is 0 Å². The van der Waals surface area contributed by atoms with Gasteiger partial charge >= 0.3 is 0 Å². The van der Waals surface area contributed by atoms with Crippen LogP contribution < -0.4 is 4.74 Å². The highest BCUT2D eigenvalue weighted by Crippen LogP contribution is 2.47. The molecule has 4 rings (SSSR count). The van der Waals surface area contributed by atoms with Crippen LogP contribution in [0, 0.1) is 0 Å². The topological polar surface area (TPSA) is 45.9 Å². The average Bonchev–Trinajstić information content (AvgIpc) is 3.22. The highest BCUT2D eigenvalue weighted by Gasteiger charge is 2.52. The fraction of sp³-hybridized carbons (Fsp3) is 0.435. The molecule has 1 unspecified atom stereocenters. The fourth-order valence-corrected chi connectivity index (χ4v) is 5.04. The summed E-state index contributed by atoms with van der Waals surface area (Å²) < 4.78 is 10.6. The van der Waals surface area contributed by atoms with E-state index in [0.717, 1.165) is 30.7 Å². The van der Waals surface area contributed by atoms with Crippen LogP contribution in [0.15, 0.2) is 47.3 Å². The van der Waals surface area contributed by atoms with Crippen LogP contribution in [0.1, 0.15) is 30.0 Å². The zero-order valence-electron chi connectivity index (χ0n) is 17.0. The second kappa shape index (κ2) is 7.13. The Balaban J connectivity index is 1.69. The summed E-state index contributed by atoms with van der Waals surface area (Å²) in [5.74, 6) is 0.897. The van der Waals surface area contributed by atoms with E-state index in [2.05, 4.69) is 31.0 Å². The number of benzene rings is 1. The van der Waals surface area contributed by atoms with Crippen molar-refractivity contribution in [1.82, 2.24) is 9.80 Å². The molecule has 0 spiro atoms. The van der Waals surface area contributed by atoms with E-state index in [1.165, 1.54) is 11.1 Å². The molecule has 0 radical (unpaired) electrons. The number of amides is 1. The minimum atomic E-state index is -0.104. The maximum Gasteiger partial charge on any atom is 0.246 e. The van der Waals surface area contributed by atoms with Crippen LogP contribution in [-0.4, -0.2) is 55.5 Å². The zero-order valence-corrected chi connectivity index (χ0v) is 17.0. The number of rotatable bonds is 4. The van der Waals surface area contributed by atoms with Gasteiger partial charge in [-0.1, -0.05) is 13.0 Å². The van der Waals surface area contributed by atoms with Gasteiger partial charge in [-0.2, -0.15) is 0 Å². The Bertz CT molecular complexity index is 889. The van der Waals surface area contributed by atoms with Crippen molar-refractivity contribution in [1.29, 1.82) is 0 Å². The van der Waals surface area contributed by atoms with E-state index in [1.54, 1.807) is 25.7 Å². The molecule has 5 nitrogen and oxygen atoms in total. The molecule has 3 atom stereocenters. The van der Waals surface area contributed by atoms with Gasteiger partial charge in [-0.15, -0.1) is 0 Å². The number of ether oxygens (including phenoxy) is 1. The number of hydrogen-bond acceptors (Lipinski definition) is 4. The highest BCUT2D eigenvalue weighted by atomic mass is 16.5. The van der Waals surface area contributed by atoms with E-state index in [1.807, 2.05) is 30.2 Å². The lowest BCUT2D eigenvalue weighted by atomic mass is 9.61. The van der Waals surface area contributed by atoms with Crippen molar-refractivity contribution in [2.24, 2.45) is 0 Å². The van der Waals surface area contributed by atoms with Gasteiger partial charge in [0, 0.05) is 30.1 Å². The van der Waals surface area contributed by atoms with E-state index < -0.39 is 0 Å². The Morgan fingerprint density at radius 3 is 2.93 bits per heavy atom. The van der Waals surface area contributed by atoms with Gasteiger partial charge in [0.25, 0.3) is 0 Å². The van der Waals surface area contributed by atoms with E-state index in [4.69, 9.17) is 9.15 Å². The lowest BCUT2D eigenvalue weighted by Crippen LogP contribution is -2.67. The molecule has 0 saturated carbocycles. The Morgan fingerprint density at radius 1 is 1.39 bits per heavy atom. The molecule has 1 aromatic heterocycles. The first kappa shape index (κ1) is 18.8. The third-order valence-corrected chi connectivity index (χ3v) is 6.66. The van der Waals surface area contributed by atoms with Gasteiger partial charge in [-0.05, 0) is 61.8 Å². The van der Waals surface area contributed by atoms with Gasteiger partial charge in [0.1, 0.15) is 5.75 Å². The van der Waals surface area contributed by atoms with Crippen LogP contribution in [0.25, 0.3) is 6.08 Å². The standard InChI is InChI=1S/C23H28N2O3/c1-23-10-11-24(2)20(13-17-6-7-18(27-4)14-19(17)23)22(23)25(3)21(26)8-5-16-9-12-28-15-16/h5-9,12,14-15,20,22H,10-11,13H2,1-4H3/t20?,22-,23-/m1/s1. The summed E-state index contributed by atoms with van der Waals surface area (Å²) in [6.45, 7) is 3.33. The van der Waals surface area contributed by atoms with Crippen LogP contribution in [0.3, 0.4) is 0 Å². The molecule has 2 heterocycles. The SMILES string of the molecule is COc1ccc2c(c1)[C@@]1(C)CCN(C)C(C2)[C@H]1N(C)C(=O)C=Cc1ccoc1. The number of fused-ring (bicyclic) bond motifs is 4. The van der Waals surface area contributed by atoms with Crippen molar-refractivity contribution >= 4 is 12.0 Å². The number of furan rings is 1. The Morgan fingerprint density at radius 2 is 2.21 bits per heavy atom. The Hall–Kier alpha value is -2.53. The fourth-order valence-electron chi connectivity index (χ4n) is 5.04. The third kappa shape index (κ3) is 3.04. The van der Waals surface area contributed by atoms with Gasteiger partial charge in [0.2, 0.25) is 5.91 Å². The maximum atomic E-state index is 13.0. The molecule has 148 valence electrons. The molecular formula is C23H28N2O3. The summed E-state index contributed by atoms with van der Waals surface area (Å²) in [6.07, 6.45) is 8.65. The van der Waals surface area contributed by atoms with E-state index in [-0.39, 0.29) is 17.4 Å². The first-order valence-corrected chi connectivity index (χ1v) is 9.79. The third-order valence-electron chi connectivity index (χ3n) is 6.66. The molecule has 1 saturated heterocycles. The number of piperidine rings is 1. The highest BCUT2D eigenvalue weighted by molar-refractivity contribution is 5.92. The second-order valence-electron chi connectivity index (χ2n) is 8.23. The van der Waals surface area contributed by atoms with Crippen molar-refractivity contribution in [3.05, 3.63) is 59.6 Å². The van der Waals surface area contributed by atoms with Crippen molar-refractivity contribution < 1.29 is 13.9 Å². The quantitative estimate of drug-likeness (QED) is 0.763. The first-order valence-electron chi connectivity index (χ1n) is 9.79. The van der Waals surface area contributed by atoms with Crippen LogP contribution in [0.2, 0.25) is 0 Å². The molecular weight excluding hydrogens is 352 g/mol. The summed E-state index contributed by atoms with van der Waals surface area (Å²) in [7, 11) is 5.81. The van der Waals surface area contributed by atoms with Crippen molar-refractivity contribution in [2.45, 2.75) is 37.3 Å². The lowest BCUT2D eigenvalue weighted by molar-refractivity contribution is -0.132. The lowest BCUT2D eigenvalue weighted by Gasteiger charge is -2.57. The molecule has 0 N–H and O–H groups in total. The average molecular weight is 380 g/mol. The zero-order chi connectivity index (χ0) is 19.9. The van der Waals surface area contributed by atoms with Crippen LogP contribution in [0.5, 0.6) is 5.75 Å². The predicted octanol–water partition coefficient (Wildman–Crippen LogP) is 3.35. The largest absolute Gasteiger partial charge is 0.497 e.